The number of nitrogen functional groups attached to an aromatic ring is 1. The van der Waals surface area contributed by atoms with E-state index in [2.05, 4.69) is 20.9 Å². The minimum Gasteiger partial charge on any atom is -0.397 e. The first-order chi connectivity index (χ1) is 15.1. The third-order valence-corrected chi connectivity index (χ3v) is 5.49. The van der Waals surface area contributed by atoms with Gasteiger partial charge in [0.2, 0.25) is 5.91 Å². The largest absolute Gasteiger partial charge is 0.397 e. The Balaban J connectivity index is 1.34. The summed E-state index contributed by atoms with van der Waals surface area (Å²) in [5.74, 6) is -0.432. The smallest absolute Gasteiger partial charge is 0.255 e. The van der Waals surface area contributed by atoms with E-state index in [1.807, 2.05) is 30.5 Å². The molecule has 0 spiro atoms. The lowest BCUT2D eigenvalue weighted by Gasteiger charge is -2.27. The van der Waals surface area contributed by atoms with Gasteiger partial charge in [0, 0.05) is 29.1 Å². The highest BCUT2D eigenvalue weighted by Gasteiger charge is 2.27. The Morgan fingerprint density at radius 2 is 1.81 bits per heavy atom. The Hall–Kier alpha value is -4.26. The molecule has 154 valence electrons. The van der Waals surface area contributed by atoms with E-state index in [4.69, 9.17) is 5.73 Å². The molecule has 0 saturated carbocycles. The van der Waals surface area contributed by atoms with Crippen LogP contribution < -0.4 is 21.7 Å². The summed E-state index contributed by atoms with van der Waals surface area (Å²) in [6, 6.07) is 19.9. The number of anilines is 4. The monoisotopic (exact) mass is 411 g/mol. The molecule has 1 unspecified atom stereocenters. The van der Waals surface area contributed by atoms with Crippen LogP contribution in [0.25, 0.3) is 10.9 Å². The van der Waals surface area contributed by atoms with E-state index in [1.165, 1.54) is 0 Å². The van der Waals surface area contributed by atoms with E-state index in [0.717, 1.165) is 22.2 Å². The summed E-state index contributed by atoms with van der Waals surface area (Å²) in [4.78, 5) is 28.6. The Bertz CT molecular complexity index is 1310. The molecule has 2 heterocycles. The standard InChI is InChI=1S/C24H21N5O2/c25-17-6-2-4-8-19(17)28-23(30)14-9-10-20-21(11-14)29-24(31)22(27-20)12-15-13-26-18-7-3-1-5-16(15)18/h1-11,13,22,26-27H,12,25H2,(H,28,30)(H,29,31). The topological polar surface area (TPSA) is 112 Å². The molecule has 0 bridgehead atoms. The molecule has 5 rings (SSSR count). The van der Waals surface area contributed by atoms with Gasteiger partial charge in [-0.1, -0.05) is 30.3 Å². The summed E-state index contributed by atoms with van der Waals surface area (Å²) in [5, 5.41) is 10.1. The van der Waals surface area contributed by atoms with Crippen molar-refractivity contribution in [3.63, 3.8) is 0 Å². The van der Waals surface area contributed by atoms with Crippen LogP contribution in [-0.2, 0) is 11.2 Å². The van der Waals surface area contributed by atoms with Crippen molar-refractivity contribution in [2.75, 3.05) is 21.7 Å². The van der Waals surface area contributed by atoms with Gasteiger partial charge in [0.15, 0.2) is 0 Å². The Labute approximate surface area is 178 Å². The molecule has 0 radical (unpaired) electrons. The highest BCUT2D eigenvalue weighted by Crippen LogP contribution is 2.30. The van der Waals surface area contributed by atoms with Crippen LogP contribution in [0.3, 0.4) is 0 Å². The SMILES string of the molecule is Nc1ccccc1NC(=O)c1ccc2c(c1)NC(=O)C(Cc1c[nH]c3ccccc13)N2. The highest BCUT2D eigenvalue weighted by molar-refractivity contribution is 6.09. The summed E-state index contributed by atoms with van der Waals surface area (Å²) in [5.41, 5.74) is 10.8. The third kappa shape index (κ3) is 3.57. The molecule has 1 aromatic heterocycles. The molecule has 1 aliphatic heterocycles. The number of fused-ring (bicyclic) bond motifs is 2. The summed E-state index contributed by atoms with van der Waals surface area (Å²) in [6.45, 7) is 0. The number of carbonyl (C=O) groups is 2. The molecule has 0 saturated heterocycles. The summed E-state index contributed by atoms with van der Waals surface area (Å²) >= 11 is 0. The molecule has 0 fully saturated rings. The Morgan fingerprint density at radius 3 is 2.68 bits per heavy atom. The fourth-order valence-corrected chi connectivity index (χ4v) is 3.86. The predicted molar refractivity (Wildman–Crippen MR) is 123 cm³/mol. The Kier molecular flexibility index (Phi) is 4.55. The Morgan fingerprint density at radius 1 is 1.00 bits per heavy atom. The van der Waals surface area contributed by atoms with E-state index in [-0.39, 0.29) is 11.8 Å². The van der Waals surface area contributed by atoms with Crippen LogP contribution in [0.15, 0.2) is 72.9 Å². The minimum absolute atomic E-state index is 0.136. The van der Waals surface area contributed by atoms with Gasteiger partial charge in [0.25, 0.3) is 5.91 Å². The van der Waals surface area contributed by atoms with E-state index in [1.54, 1.807) is 42.5 Å². The van der Waals surface area contributed by atoms with Gasteiger partial charge in [-0.3, -0.25) is 9.59 Å². The van der Waals surface area contributed by atoms with Crippen molar-refractivity contribution in [1.29, 1.82) is 0 Å². The number of hydrogen-bond donors (Lipinski definition) is 5. The molecule has 2 amide bonds. The van der Waals surface area contributed by atoms with Gasteiger partial charge in [-0.25, -0.2) is 0 Å². The molecule has 31 heavy (non-hydrogen) atoms. The zero-order valence-corrected chi connectivity index (χ0v) is 16.6. The lowest BCUT2D eigenvalue weighted by atomic mass is 10.0. The maximum Gasteiger partial charge on any atom is 0.255 e. The number of hydrogen-bond acceptors (Lipinski definition) is 4. The van der Waals surface area contributed by atoms with Gasteiger partial charge in [0.1, 0.15) is 6.04 Å². The third-order valence-electron chi connectivity index (χ3n) is 5.49. The maximum atomic E-state index is 12.7. The first-order valence-electron chi connectivity index (χ1n) is 10.0. The van der Waals surface area contributed by atoms with E-state index in [9.17, 15) is 9.59 Å². The van der Waals surface area contributed by atoms with Crippen molar-refractivity contribution >= 4 is 45.5 Å². The molecule has 6 N–H and O–H groups in total. The normalized spacial score (nSPS) is 15.1. The van der Waals surface area contributed by atoms with Crippen LogP contribution >= 0.6 is 0 Å². The minimum atomic E-state index is -0.407. The van der Waals surface area contributed by atoms with Gasteiger partial charge >= 0.3 is 0 Å². The first kappa shape index (κ1) is 18.7. The number of carbonyl (C=O) groups excluding carboxylic acids is 2. The molecular weight excluding hydrogens is 390 g/mol. The van der Waals surface area contributed by atoms with Gasteiger partial charge in [-0.15, -0.1) is 0 Å². The molecular formula is C24H21N5O2. The van der Waals surface area contributed by atoms with Crippen LogP contribution in [0.4, 0.5) is 22.7 Å². The number of para-hydroxylation sites is 3. The van der Waals surface area contributed by atoms with Gasteiger partial charge < -0.3 is 26.7 Å². The maximum absolute atomic E-state index is 12.7. The number of aromatic nitrogens is 1. The first-order valence-corrected chi connectivity index (χ1v) is 10.0. The van der Waals surface area contributed by atoms with Gasteiger partial charge in [-0.2, -0.15) is 0 Å². The lowest BCUT2D eigenvalue weighted by Crippen LogP contribution is -2.40. The van der Waals surface area contributed by atoms with Crippen molar-refractivity contribution in [2.24, 2.45) is 0 Å². The molecule has 1 atom stereocenters. The van der Waals surface area contributed by atoms with Crippen molar-refractivity contribution in [3.8, 4) is 0 Å². The fourth-order valence-electron chi connectivity index (χ4n) is 3.86. The van der Waals surface area contributed by atoms with Crippen LogP contribution in [0, 0.1) is 0 Å². The van der Waals surface area contributed by atoms with E-state index < -0.39 is 6.04 Å². The average molecular weight is 411 g/mol. The van der Waals surface area contributed by atoms with Crippen LogP contribution in [-0.4, -0.2) is 22.8 Å². The number of H-pyrrole nitrogens is 1. The second-order valence-corrected chi connectivity index (χ2v) is 7.55. The average Bonchev–Trinajstić information content (AvgIpc) is 3.18. The summed E-state index contributed by atoms with van der Waals surface area (Å²) < 4.78 is 0. The van der Waals surface area contributed by atoms with Crippen molar-refractivity contribution in [1.82, 2.24) is 4.98 Å². The number of rotatable bonds is 4. The fraction of sp³-hybridized carbons (Fsp3) is 0.0833. The summed E-state index contributed by atoms with van der Waals surface area (Å²) in [6.07, 6.45) is 2.49. The second-order valence-electron chi connectivity index (χ2n) is 7.55. The zero-order valence-electron chi connectivity index (χ0n) is 16.6. The number of aromatic amines is 1. The molecule has 7 nitrogen and oxygen atoms in total. The predicted octanol–water partition coefficient (Wildman–Crippen LogP) is 3.98. The van der Waals surface area contributed by atoms with Gasteiger partial charge in [0.05, 0.1) is 22.7 Å². The second kappa shape index (κ2) is 7.53. The highest BCUT2D eigenvalue weighted by atomic mass is 16.2. The van der Waals surface area contributed by atoms with Crippen molar-refractivity contribution < 1.29 is 9.59 Å². The quantitative estimate of drug-likeness (QED) is 0.327. The summed E-state index contributed by atoms with van der Waals surface area (Å²) in [7, 11) is 0. The van der Waals surface area contributed by atoms with Crippen molar-refractivity contribution in [3.05, 3.63) is 84.1 Å². The lowest BCUT2D eigenvalue weighted by molar-refractivity contribution is -0.117. The van der Waals surface area contributed by atoms with Gasteiger partial charge in [-0.05, 0) is 42.0 Å². The molecule has 3 aromatic carbocycles. The van der Waals surface area contributed by atoms with E-state index in [0.29, 0.717) is 29.0 Å². The molecule has 1 aliphatic rings. The number of benzene rings is 3. The number of amides is 2. The van der Waals surface area contributed by atoms with Crippen LogP contribution in [0.5, 0.6) is 0 Å². The molecule has 7 heteroatoms. The number of nitrogens with one attached hydrogen (secondary N) is 4. The van der Waals surface area contributed by atoms with Crippen LogP contribution in [0.2, 0.25) is 0 Å². The molecule has 0 aliphatic carbocycles. The van der Waals surface area contributed by atoms with Crippen LogP contribution in [0.1, 0.15) is 15.9 Å². The van der Waals surface area contributed by atoms with E-state index >= 15 is 0 Å². The number of nitrogens with two attached hydrogens (primary N) is 1. The zero-order chi connectivity index (χ0) is 21.4. The van der Waals surface area contributed by atoms with Crippen molar-refractivity contribution in [2.45, 2.75) is 12.5 Å². The molecule has 4 aromatic rings.